The summed E-state index contributed by atoms with van der Waals surface area (Å²) in [5.41, 5.74) is 16.0. The summed E-state index contributed by atoms with van der Waals surface area (Å²) < 4.78 is 2.48. The van der Waals surface area contributed by atoms with Gasteiger partial charge in [-0.15, -0.1) is 0 Å². The van der Waals surface area contributed by atoms with Gasteiger partial charge in [0, 0.05) is 113 Å². The van der Waals surface area contributed by atoms with E-state index >= 15 is 0 Å². The third-order valence-electron chi connectivity index (χ3n) is 10.2. The molecule has 3 aromatic heterocycles. The van der Waals surface area contributed by atoms with Crippen molar-refractivity contribution in [1.82, 2.24) is 39.1 Å². The number of likely N-dealkylation sites (N-methyl/N-ethyl adjacent to an activating group) is 4. The fourth-order valence-corrected chi connectivity index (χ4v) is 7.45. The minimum Gasteiger partial charge on any atom is -0.377 e. The van der Waals surface area contributed by atoms with Crippen molar-refractivity contribution in [3.63, 3.8) is 0 Å². The summed E-state index contributed by atoms with van der Waals surface area (Å²) in [4.78, 5) is 22.9. The number of H-pyrrole nitrogens is 1. The van der Waals surface area contributed by atoms with Gasteiger partial charge in [-0.25, -0.2) is 9.97 Å². The number of rotatable bonds is 4. The van der Waals surface area contributed by atoms with Gasteiger partial charge in [0.25, 0.3) is 0 Å². The number of nitrogens with zero attached hydrogens (tertiary/aromatic N) is 7. The molecule has 0 spiro atoms. The molecule has 53 heavy (non-hydrogen) atoms. The van der Waals surface area contributed by atoms with Gasteiger partial charge in [-0.1, -0.05) is 18.2 Å². The van der Waals surface area contributed by atoms with E-state index in [1.54, 1.807) is 0 Å². The SMILES string of the molecule is CN1C=CC(c2c(C3=CCN(C)C=C3)c3c(C4=CCN(C)C=C4)c4nc(cc5ccc(cc6nc(cc2n3C2=CCN(C)C=C2)C=C6)[nH]5)C=C4)=CC1.[Zn]. The first-order valence-electron chi connectivity index (χ1n) is 17.9. The van der Waals surface area contributed by atoms with Crippen LogP contribution in [0.1, 0.15) is 39.5 Å². The van der Waals surface area contributed by atoms with Crippen LogP contribution in [0.4, 0.5) is 0 Å². The Kier molecular flexibility index (Phi) is 9.13. The zero-order valence-corrected chi connectivity index (χ0v) is 33.8. The summed E-state index contributed by atoms with van der Waals surface area (Å²) in [6.45, 7) is 3.25. The minimum atomic E-state index is 0. The molecular formula is C44H42N8Zn. The maximum Gasteiger partial charge on any atom is 0.0737 e. The van der Waals surface area contributed by atoms with Crippen molar-refractivity contribution in [2.75, 3.05) is 54.4 Å². The molecule has 0 amide bonds. The van der Waals surface area contributed by atoms with Crippen LogP contribution in [-0.2, 0) is 19.5 Å². The number of fused-ring (bicyclic) bond motifs is 8. The maximum absolute atomic E-state index is 5.37. The van der Waals surface area contributed by atoms with Crippen LogP contribution in [0.25, 0.3) is 68.8 Å². The van der Waals surface area contributed by atoms with E-state index < -0.39 is 0 Å². The second-order valence-corrected chi connectivity index (χ2v) is 14.2. The van der Waals surface area contributed by atoms with Crippen molar-refractivity contribution in [3.05, 3.63) is 143 Å². The molecule has 0 aromatic carbocycles. The first kappa shape index (κ1) is 34.4. The molecule has 0 atom stereocenters. The van der Waals surface area contributed by atoms with Crippen LogP contribution in [0, 0.1) is 0 Å². The molecule has 0 radical (unpaired) electrons. The van der Waals surface area contributed by atoms with Crippen molar-refractivity contribution in [2.45, 2.75) is 0 Å². The Hall–Kier alpha value is -5.66. The van der Waals surface area contributed by atoms with Gasteiger partial charge in [0.05, 0.1) is 33.8 Å². The molecule has 260 valence electrons. The topological polar surface area (TPSA) is 59.5 Å². The standard InChI is InChI=1S/C44H42N8.Zn/c1-48-19-11-30(12-20-48)41-39-10-9-36(47-39)28-35-6-5-33(45-35)27-34-7-8-37(46-34)29-40-42(31-13-21-49(2)22-14-31)43(32-15-23-50(3)24-16-32)44(41)52(40)38-17-25-51(4)26-18-38;/h5-19,21,23,25,27-29,45H,20,22,24,26H2,1-4H3;. The van der Waals surface area contributed by atoms with Gasteiger partial charge in [0.1, 0.15) is 0 Å². The van der Waals surface area contributed by atoms with E-state index in [4.69, 9.17) is 9.97 Å². The molecule has 8 bridgehead atoms. The van der Waals surface area contributed by atoms with Gasteiger partial charge in [0.15, 0.2) is 0 Å². The number of nitrogens with one attached hydrogen (secondary N) is 1. The van der Waals surface area contributed by atoms with Crippen LogP contribution in [0.2, 0.25) is 0 Å². The van der Waals surface area contributed by atoms with Gasteiger partial charge in [-0.2, -0.15) is 0 Å². The second-order valence-electron chi connectivity index (χ2n) is 14.2. The number of allylic oxidation sites excluding steroid dienone is 8. The van der Waals surface area contributed by atoms with Crippen molar-refractivity contribution in [3.8, 4) is 0 Å². The van der Waals surface area contributed by atoms with Gasteiger partial charge in [0.2, 0.25) is 0 Å². The maximum atomic E-state index is 5.37. The third-order valence-corrected chi connectivity index (χ3v) is 10.2. The monoisotopic (exact) mass is 746 g/mol. The minimum absolute atomic E-state index is 0. The van der Waals surface area contributed by atoms with E-state index in [2.05, 4.69) is 185 Å². The molecule has 6 aliphatic heterocycles. The number of hydrogen-bond donors (Lipinski definition) is 1. The zero-order valence-electron chi connectivity index (χ0n) is 30.8. The largest absolute Gasteiger partial charge is 0.377 e. The van der Waals surface area contributed by atoms with E-state index in [0.29, 0.717) is 0 Å². The van der Waals surface area contributed by atoms with Crippen LogP contribution in [0.3, 0.4) is 0 Å². The predicted octanol–water partition coefficient (Wildman–Crippen LogP) is 7.95. The molecule has 9 heterocycles. The molecule has 9 heteroatoms. The second kappa shape index (κ2) is 14.1. The molecule has 0 unspecified atom stereocenters. The summed E-state index contributed by atoms with van der Waals surface area (Å²) >= 11 is 0. The van der Waals surface area contributed by atoms with Gasteiger partial charge in [-0.3, -0.25) is 0 Å². The van der Waals surface area contributed by atoms with Crippen LogP contribution < -0.4 is 0 Å². The first-order chi connectivity index (χ1) is 25.4. The number of aromatic nitrogens is 4. The van der Waals surface area contributed by atoms with E-state index in [1.165, 1.54) is 22.3 Å². The molecule has 0 fully saturated rings. The Morgan fingerprint density at radius 1 is 0.509 bits per heavy atom. The molecule has 1 N–H and O–H groups in total. The normalized spacial score (nSPS) is 17.6. The van der Waals surface area contributed by atoms with E-state index in [9.17, 15) is 0 Å². The smallest absolute Gasteiger partial charge is 0.0737 e. The molecule has 0 saturated heterocycles. The molecule has 0 aliphatic carbocycles. The van der Waals surface area contributed by atoms with Gasteiger partial charge >= 0.3 is 0 Å². The van der Waals surface area contributed by atoms with Crippen LogP contribution in [0.15, 0.2) is 104 Å². The van der Waals surface area contributed by atoms with Crippen molar-refractivity contribution >= 4 is 68.8 Å². The van der Waals surface area contributed by atoms with Crippen molar-refractivity contribution in [1.29, 1.82) is 0 Å². The third kappa shape index (κ3) is 6.62. The average molecular weight is 748 g/mol. The van der Waals surface area contributed by atoms with E-state index in [-0.39, 0.29) is 19.5 Å². The van der Waals surface area contributed by atoms with E-state index in [0.717, 1.165) is 87.9 Å². The van der Waals surface area contributed by atoms with E-state index in [1.807, 2.05) is 0 Å². The molecule has 9 rings (SSSR count). The summed E-state index contributed by atoms with van der Waals surface area (Å²) in [5, 5.41) is 0. The summed E-state index contributed by atoms with van der Waals surface area (Å²) in [7, 11) is 8.48. The van der Waals surface area contributed by atoms with Crippen molar-refractivity contribution < 1.29 is 19.5 Å². The van der Waals surface area contributed by atoms with Gasteiger partial charge < -0.3 is 29.2 Å². The summed E-state index contributed by atoms with van der Waals surface area (Å²) in [6, 6.07) is 10.7. The summed E-state index contributed by atoms with van der Waals surface area (Å²) in [6.07, 6.45) is 35.7. The quantitative estimate of drug-likeness (QED) is 0.189. The van der Waals surface area contributed by atoms with Crippen LogP contribution in [-0.4, -0.2) is 93.5 Å². The van der Waals surface area contributed by atoms with Gasteiger partial charge in [-0.05, 0) is 120 Å². The Bertz CT molecular complexity index is 2490. The number of aromatic amines is 1. The Balaban J connectivity index is 0.00000400. The Morgan fingerprint density at radius 2 is 1.00 bits per heavy atom. The van der Waals surface area contributed by atoms with Crippen LogP contribution >= 0.6 is 0 Å². The van der Waals surface area contributed by atoms with Crippen LogP contribution in [0.5, 0.6) is 0 Å². The first-order valence-corrected chi connectivity index (χ1v) is 17.9. The summed E-state index contributed by atoms with van der Waals surface area (Å²) in [5.74, 6) is 0. The fraction of sp³-hybridized carbons (Fsp3) is 0.182. The Morgan fingerprint density at radius 3 is 1.55 bits per heavy atom. The molecule has 0 saturated carbocycles. The zero-order chi connectivity index (χ0) is 35.3. The average Bonchev–Trinajstić information content (AvgIpc) is 3.95. The van der Waals surface area contributed by atoms with Crippen molar-refractivity contribution in [2.24, 2.45) is 0 Å². The number of hydrogen-bond acceptors (Lipinski definition) is 6. The molecule has 8 nitrogen and oxygen atoms in total. The molecule has 3 aromatic rings. The fourth-order valence-electron chi connectivity index (χ4n) is 7.45. The predicted molar refractivity (Wildman–Crippen MR) is 218 cm³/mol. The molecule has 6 aliphatic rings. The molecular weight excluding hydrogens is 706 g/mol. The Labute approximate surface area is 323 Å².